The zero-order valence-corrected chi connectivity index (χ0v) is 13.6. The molecule has 0 saturated heterocycles. The average molecular weight is 362 g/mol. The zero-order chi connectivity index (χ0) is 18.8. The van der Waals surface area contributed by atoms with E-state index < -0.39 is 23.1 Å². The molecule has 3 N–H and O–H groups in total. The maximum Gasteiger partial charge on any atom is 0.277 e. The Bertz CT molecular complexity index is 990. The first-order valence-corrected chi connectivity index (χ1v) is 7.20. The third-order valence-electron chi connectivity index (χ3n) is 3.39. The van der Waals surface area contributed by atoms with Crippen molar-refractivity contribution in [3.63, 3.8) is 0 Å². The van der Waals surface area contributed by atoms with E-state index >= 15 is 0 Å². The van der Waals surface area contributed by atoms with Crippen molar-refractivity contribution in [1.29, 1.82) is 0 Å². The van der Waals surface area contributed by atoms with Gasteiger partial charge in [0.2, 0.25) is 11.6 Å². The Balaban J connectivity index is 1.91. The zero-order valence-electron chi connectivity index (χ0n) is 13.6. The Morgan fingerprint density at radius 3 is 2.62 bits per heavy atom. The number of aromatic nitrogens is 5. The molecule has 3 rings (SSSR count). The Morgan fingerprint density at radius 2 is 2.00 bits per heavy atom. The Morgan fingerprint density at radius 1 is 1.31 bits per heavy atom. The first kappa shape index (κ1) is 17.1. The molecular formula is C14H12F2N8O2. The number of halogens is 2. The predicted molar refractivity (Wildman–Crippen MR) is 84.4 cm³/mol. The van der Waals surface area contributed by atoms with Gasteiger partial charge in [0.15, 0.2) is 0 Å². The highest BCUT2D eigenvalue weighted by Gasteiger charge is 2.21. The second-order valence-corrected chi connectivity index (χ2v) is 5.14. The standard InChI is InChI=1S/C14H12F2N8O2/c1-6(18-20-14(25)10-8(15)4-3-5-9(10)16)11-7(2)19-23-24(11)13-12(17)21-26-22-13/h3-5H,1-2H3,(H2,17,21)(H,20,25)/b18-6+. The number of anilines is 1. The number of nitrogens with two attached hydrogens (primary N) is 1. The van der Waals surface area contributed by atoms with Crippen LogP contribution in [0.2, 0.25) is 0 Å². The van der Waals surface area contributed by atoms with Crippen LogP contribution in [-0.2, 0) is 0 Å². The van der Waals surface area contributed by atoms with Crippen molar-refractivity contribution in [1.82, 2.24) is 30.7 Å². The maximum absolute atomic E-state index is 13.6. The normalized spacial score (nSPS) is 11.6. The SMILES string of the molecule is C/C(=N\NC(=O)c1c(F)cccc1F)c1c(C)nnn1-c1nonc1N. The summed E-state index contributed by atoms with van der Waals surface area (Å²) in [7, 11) is 0. The summed E-state index contributed by atoms with van der Waals surface area (Å²) in [5, 5.41) is 18.7. The van der Waals surface area contributed by atoms with Gasteiger partial charge in [0, 0.05) is 0 Å². The van der Waals surface area contributed by atoms with E-state index in [9.17, 15) is 13.6 Å². The van der Waals surface area contributed by atoms with Crippen molar-refractivity contribution < 1.29 is 18.2 Å². The second kappa shape index (κ2) is 6.66. The summed E-state index contributed by atoms with van der Waals surface area (Å²) in [6.07, 6.45) is 0. The van der Waals surface area contributed by atoms with E-state index in [-0.39, 0.29) is 17.3 Å². The van der Waals surface area contributed by atoms with Crippen LogP contribution in [0.5, 0.6) is 0 Å². The third-order valence-corrected chi connectivity index (χ3v) is 3.39. The largest absolute Gasteiger partial charge is 0.378 e. The molecule has 0 unspecified atom stereocenters. The van der Waals surface area contributed by atoms with Gasteiger partial charge in [-0.15, -0.1) is 5.10 Å². The van der Waals surface area contributed by atoms with Crippen LogP contribution in [0, 0.1) is 18.6 Å². The minimum atomic E-state index is -1.04. The van der Waals surface area contributed by atoms with Crippen molar-refractivity contribution in [3.8, 4) is 5.82 Å². The van der Waals surface area contributed by atoms with Crippen LogP contribution in [0.15, 0.2) is 27.9 Å². The predicted octanol–water partition coefficient (Wildman–Crippen LogP) is 0.973. The van der Waals surface area contributed by atoms with Crippen molar-refractivity contribution in [3.05, 3.63) is 46.8 Å². The van der Waals surface area contributed by atoms with E-state index in [4.69, 9.17) is 5.73 Å². The highest BCUT2D eigenvalue weighted by atomic mass is 19.1. The monoisotopic (exact) mass is 362 g/mol. The van der Waals surface area contributed by atoms with E-state index in [2.05, 4.69) is 35.8 Å². The molecule has 26 heavy (non-hydrogen) atoms. The molecule has 12 heteroatoms. The minimum absolute atomic E-state index is 0.0265. The summed E-state index contributed by atoms with van der Waals surface area (Å²) in [5.74, 6) is -2.98. The Hall–Kier alpha value is -3.70. The highest BCUT2D eigenvalue weighted by molar-refractivity contribution is 6.00. The van der Waals surface area contributed by atoms with E-state index in [0.717, 1.165) is 18.2 Å². The smallest absolute Gasteiger partial charge is 0.277 e. The van der Waals surface area contributed by atoms with Crippen LogP contribution in [-0.4, -0.2) is 36.9 Å². The third kappa shape index (κ3) is 2.99. The summed E-state index contributed by atoms with van der Waals surface area (Å²) >= 11 is 0. The fourth-order valence-corrected chi connectivity index (χ4v) is 2.22. The molecule has 1 aromatic carbocycles. The molecule has 1 amide bonds. The van der Waals surface area contributed by atoms with Gasteiger partial charge in [-0.2, -0.15) is 9.78 Å². The van der Waals surface area contributed by atoms with Gasteiger partial charge in [0.25, 0.3) is 5.91 Å². The fraction of sp³-hybridized carbons (Fsp3) is 0.143. The van der Waals surface area contributed by atoms with Gasteiger partial charge in [-0.1, -0.05) is 11.3 Å². The number of amides is 1. The molecule has 2 heterocycles. The van der Waals surface area contributed by atoms with E-state index in [1.54, 1.807) is 6.92 Å². The molecular weight excluding hydrogens is 350 g/mol. The number of aryl methyl sites for hydroxylation is 1. The lowest BCUT2D eigenvalue weighted by Crippen LogP contribution is -2.23. The number of carbonyl (C=O) groups is 1. The fourth-order valence-electron chi connectivity index (χ4n) is 2.22. The van der Waals surface area contributed by atoms with Gasteiger partial charge in [-0.05, 0) is 36.3 Å². The summed E-state index contributed by atoms with van der Waals surface area (Å²) in [5.41, 5.74) is 8.02. The van der Waals surface area contributed by atoms with Crippen LogP contribution in [0.1, 0.15) is 28.7 Å². The average Bonchev–Trinajstić information content (AvgIpc) is 3.17. The molecule has 0 saturated carbocycles. The van der Waals surface area contributed by atoms with Gasteiger partial charge >= 0.3 is 0 Å². The number of rotatable bonds is 4. The number of hydrogen-bond donors (Lipinski definition) is 2. The highest BCUT2D eigenvalue weighted by Crippen LogP contribution is 2.16. The van der Waals surface area contributed by atoms with Gasteiger partial charge in [0.1, 0.15) is 22.9 Å². The van der Waals surface area contributed by atoms with Gasteiger partial charge in [-0.3, -0.25) is 4.79 Å². The Labute approximate surface area is 144 Å². The number of nitrogens with zero attached hydrogens (tertiary/aromatic N) is 6. The minimum Gasteiger partial charge on any atom is -0.378 e. The summed E-state index contributed by atoms with van der Waals surface area (Å²) in [6.45, 7) is 3.17. The molecule has 0 aliphatic carbocycles. The molecule has 0 bridgehead atoms. The van der Waals surface area contributed by atoms with E-state index in [1.807, 2.05) is 0 Å². The lowest BCUT2D eigenvalue weighted by atomic mass is 10.2. The van der Waals surface area contributed by atoms with Crippen LogP contribution >= 0.6 is 0 Å². The van der Waals surface area contributed by atoms with Crippen molar-refractivity contribution >= 4 is 17.4 Å². The van der Waals surface area contributed by atoms with Gasteiger partial charge in [-0.25, -0.2) is 18.8 Å². The molecule has 0 fully saturated rings. The van der Waals surface area contributed by atoms with Crippen LogP contribution in [0.3, 0.4) is 0 Å². The van der Waals surface area contributed by atoms with Crippen LogP contribution < -0.4 is 11.2 Å². The lowest BCUT2D eigenvalue weighted by Gasteiger charge is -2.06. The summed E-state index contributed by atoms with van der Waals surface area (Å²) < 4.78 is 33.0. The number of hydrazone groups is 1. The van der Waals surface area contributed by atoms with Gasteiger partial charge in [0.05, 0.1) is 11.4 Å². The number of carbonyl (C=O) groups excluding carboxylic acids is 1. The number of hydrogen-bond acceptors (Lipinski definition) is 8. The molecule has 0 aliphatic heterocycles. The lowest BCUT2D eigenvalue weighted by molar-refractivity contribution is 0.0946. The topological polar surface area (TPSA) is 137 Å². The quantitative estimate of drug-likeness (QED) is 0.521. The molecule has 0 radical (unpaired) electrons. The first-order chi connectivity index (χ1) is 12.4. The summed E-state index contributed by atoms with van der Waals surface area (Å²) in [4.78, 5) is 12.0. The van der Waals surface area contributed by atoms with Crippen molar-refractivity contribution in [2.45, 2.75) is 13.8 Å². The number of nitrogen functional groups attached to an aromatic ring is 1. The first-order valence-electron chi connectivity index (χ1n) is 7.20. The maximum atomic E-state index is 13.6. The van der Waals surface area contributed by atoms with Crippen LogP contribution in [0.4, 0.5) is 14.6 Å². The van der Waals surface area contributed by atoms with Crippen molar-refractivity contribution in [2.75, 3.05) is 5.73 Å². The summed E-state index contributed by atoms with van der Waals surface area (Å²) in [6, 6.07) is 3.09. The molecule has 10 nitrogen and oxygen atoms in total. The molecule has 0 spiro atoms. The molecule has 0 atom stereocenters. The Kier molecular flexibility index (Phi) is 4.39. The van der Waals surface area contributed by atoms with Crippen molar-refractivity contribution in [2.24, 2.45) is 5.10 Å². The van der Waals surface area contributed by atoms with E-state index in [0.29, 0.717) is 11.4 Å². The molecule has 3 aromatic rings. The number of nitrogens with one attached hydrogen (secondary N) is 1. The molecule has 2 aromatic heterocycles. The molecule has 134 valence electrons. The second-order valence-electron chi connectivity index (χ2n) is 5.14. The van der Waals surface area contributed by atoms with Crippen LogP contribution in [0.25, 0.3) is 5.82 Å². The molecule has 0 aliphatic rings. The number of benzene rings is 1. The van der Waals surface area contributed by atoms with E-state index in [1.165, 1.54) is 11.6 Å². The van der Waals surface area contributed by atoms with Gasteiger partial charge < -0.3 is 5.73 Å².